The van der Waals surface area contributed by atoms with Crippen LogP contribution in [0.5, 0.6) is 0 Å². The van der Waals surface area contributed by atoms with Gasteiger partial charge in [0, 0.05) is 0 Å². The van der Waals surface area contributed by atoms with Gasteiger partial charge in [0.15, 0.2) is 5.70 Å². The second-order valence-electron chi connectivity index (χ2n) is 5.26. The van der Waals surface area contributed by atoms with Gasteiger partial charge >= 0.3 is 12.1 Å². The first-order valence-corrected chi connectivity index (χ1v) is 6.37. The van der Waals surface area contributed by atoms with E-state index in [2.05, 4.69) is 5.32 Å². The van der Waals surface area contributed by atoms with Gasteiger partial charge in [0.2, 0.25) is 0 Å². The molecule has 0 heterocycles. The first kappa shape index (κ1) is 16.6. The number of amides is 1. The first-order valence-electron chi connectivity index (χ1n) is 6.37. The SMILES string of the molecule is CC(C)(C)OC(=O)N/C(=C/OCc1ccccc1)C(=O)O. The first-order chi connectivity index (χ1) is 9.78. The smallest absolute Gasteiger partial charge is 0.412 e. The Hall–Kier alpha value is -2.50. The summed E-state index contributed by atoms with van der Waals surface area (Å²) < 4.78 is 10.1. The van der Waals surface area contributed by atoms with Gasteiger partial charge in [-0.25, -0.2) is 9.59 Å². The van der Waals surface area contributed by atoms with E-state index in [4.69, 9.17) is 14.6 Å². The normalized spacial score (nSPS) is 11.7. The number of ether oxygens (including phenoxy) is 2. The lowest BCUT2D eigenvalue weighted by Crippen LogP contribution is -2.34. The zero-order valence-corrected chi connectivity index (χ0v) is 12.3. The molecule has 0 saturated heterocycles. The highest BCUT2D eigenvalue weighted by atomic mass is 16.6. The van der Waals surface area contributed by atoms with Crippen LogP contribution in [0.15, 0.2) is 42.3 Å². The highest BCUT2D eigenvalue weighted by Crippen LogP contribution is 2.07. The van der Waals surface area contributed by atoms with Crippen molar-refractivity contribution in [3.63, 3.8) is 0 Å². The van der Waals surface area contributed by atoms with E-state index < -0.39 is 17.7 Å². The van der Waals surface area contributed by atoms with Crippen molar-refractivity contribution in [2.45, 2.75) is 33.0 Å². The van der Waals surface area contributed by atoms with Crippen molar-refractivity contribution < 1.29 is 24.2 Å². The number of carboxylic acids is 1. The molecule has 114 valence electrons. The van der Waals surface area contributed by atoms with Crippen LogP contribution < -0.4 is 5.32 Å². The maximum Gasteiger partial charge on any atom is 0.412 e. The number of benzene rings is 1. The standard InChI is InChI=1S/C15H19NO5/c1-15(2,3)21-14(19)16-12(13(17)18)10-20-9-11-7-5-4-6-8-11/h4-8,10H,9H2,1-3H3,(H,16,19)(H,17,18)/b12-10+. The third-order valence-corrected chi connectivity index (χ3v) is 2.16. The average molecular weight is 293 g/mol. The van der Waals surface area contributed by atoms with E-state index in [0.29, 0.717) is 0 Å². The molecule has 0 aliphatic rings. The number of hydrogen-bond acceptors (Lipinski definition) is 4. The Labute approximate surface area is 123 Å². The van der Waals surface area contributed by atoms with Gasteiger partial charge in [-0.2, -0.15) is 0 Å². The third kappa shape index (κ3) is 7.00. The summed E-state index contributed by atoms with van der Waals surface area (Å²) in [6.07, 6.45) is 0.138. The fraction of sp³-hybridized carbons (Fsp3) is 0.333. The number of carbonyl (C=O) groups is 2. The molecule has 6 heteroatoms. The van der Waals surface area contributed by atoms with Gasteiger partial charge in [-0.1, -0.05) is 30.3 Å². The monoisotopic (exact) mass is 293 g/mol. The summed E-state index contributed by atoms with van der Waals surface area (Å²) in [7, 11) is 0. The Morgan fingerprint density at radius 3 is 2.38 bits per heavy atom. The van der Waals surface area contributed by atoms with Crippen LogP contribution in [0.3, 0.4) is 0 Å². The molecular weight excluding hydrogens is 274 g/mol. The maximum atomic E-state index is 11.5. The van der Waals surface area contributed by atoms with Crippen LogP contribution in [-0.4, -0.2) is 22.8 Å². The predicted molar refractivity (Wildman–Crippen MR) is 76.3 cm³/mol. The third-order valence-electron chi connectivity index (χ3n) is 2.16. The second kappa shape index (κ2) is 7.33. The lowest BCUT2D eigenvalue weighted by atomic mass is 10.2. The van der Waals surface area contributed by atoms with E-state index in [0.717, 1.165) is 11.8 Å². The Balaban J connectivity index is 2.58. The number of nitrogens with one attached hydrogen (secondary N) is 1. The minimum absolute atomic E-state index is 0.202. The summed E-state index contributed by atoms with van der Waals surface area (Å²) in [5.41, 5.74) is -0.213. The zero-order chi connectivity index (χ0) is 15.9. The molecule has 0 aliphatic carbocycles. The predicted octanol–water partition coefficient (Wildman–Crippen LogP) is 2.65. The Kier molecular flexibility index (Phi) is 5.78. The quantitative estimate of drug-likeness (QED) is 0.644. The van der Waals surface area contributed by atoms with Crippen LogP contribution in [-0.2, 0) is 20.9 Å². The molecule has 0 unspecified atom stereocenters. The molecule has 6 nitrogen and oxygen atoms in total. The molecule has 0 spiro atoms. The molecule has 0 aromatic heterocycles. The van der Waals surface area contributed by atoms with Gasteiger partial charge < -0.3 is 14.6 Å². The van der Waals surface area contributed by atoms with E-state index >= 15 is 0 Å². The van der Waals surface area contributed by atoms with E-state index in [1.54, 1.807) is 20.8 Å². The average Bonchev–Trinajstić information content (AvgIpc) is 2.36. The number of aliphatic carboxylic acids is 1. The van der Waals surface area contributed by atoms with Crippen molar-refractivity contribution in [2.24, 2.45) is 0 Å². The fourth-order valence-electron chi connectivity index (χ4n) is 1.34. The van der Waals surface area contributed by atoms with Crippen LogP contribution in [0.25, 0.3) is 0 Å². The molecule has 0 fully saturated rings. The second-order valence-corrected chi connectivity index (χ2v) is 5.26. The van der Waals surface area contributed by atoms with Crippen LogP contribution in [0.4, 0.5) is 4.79 Å². The van der Waals surface area contributed by atoms with Gasteiger partial charge in [-0.05, 0) is 26.3 Å². The van der Waals surface area contributed by atoms with Crippen molar-refractivity contribution in [1.82, 2.24) is 5.32 Å². The number of alkyl carbamates (subject to hydrolysis) is 1. The molecule has 0 radical (unpaired) electrons. The topological polar surface area (TPSA) is 84.9 Å². The minimum Gasteiger partial charge on any atom is -0.494 e. The lowest BCUT2D eigenvalue weighted by molar-refractivity contribution is -0.133. The molecule has 1 aromatic carbocycles. The largest absolute Gasteiger partial charge is 0.494 e. The molecule has 1 aromatic rings. The maximum absolute atomic E-state index is 11.5. The molecule has 2 N–H and O–H groups in total. The summed E-state index contributed by atoms with van der Waals surface area (Å²) in [6, 6.07) is 9.25. The Morgan fingerprint density at radius 2 is 1.86 bits per heavy atom. The number of carbonyl (C=O) groups excluding carboxylic acids is 1. The van der Waals surface area contributed by atoms with Crippen molar-refractivity contribution in [2.75, 3.05) is 0 Å². The highest BCUT2D eigenvalue weighted by molar-refractivity contribution is 5.90. The van der Waals surface area contributed by atoms with E-state index in [-0.39, 0.29) is 12.3 Å². The number of rotatable bonds is 5. The van der Waals surface area contributed by atoms with Crippen LogP contribution in [0, 0.1) is 0 Å². The minimum atomic E-state index is -1.31. The fourth-order valence-corrected chi connectivity index (χ4v) is 1.34. The molecule has 0 bridgehead atoms. The summed E-state index contributed by atoms with van der Waals surface area (Å²) in [5.74, 6) is -1.31. The summed E-state index contributed by atoms with van der Waals surface area (Å²) in [6.45, 7) is 5.25. The van der Waals surface area contributed by atoms with E-state index in [1.807, 2.05) is 30.3 Å². The van der Waals surface area contributed by atoms with Crippen molar-refractivity contribution in [3.05, 3.63) is 47.9 Å². The number of carboxylic acid groups (broad SMARTS) is 1. The van der Waals surface area contributed by atoms with Crippen molar-refractivity contribution >= 4 is 12.1 Å². The summed E-state index contributed by atoms with van der Waals surface area (Å²) in [5, 5.41) is 11.1. The van der Waals surface area contributed by atoms with Crippen LogP contribution >= 0.6 is 0 Å². The molecule has 1 rings (SSSR count). The van der Waals surface area contributed by atoms with Crippen molar-refractivity contribution in [3.8, 4) is 0 Å². The molecule has 0 aliphatic heterocycles. The van der Waals surface area contributed by atoms with E-state index in [1.165, 1.54) is 0 Å². The number of hydrogen-bond donors (Lipinski definition) is 2. The van der Waals surface area contributed by atoms with Crippen LogP contribution in [0.1, 0.15) is 26.3 Å². The Morgan fingerprint density at radius 1 is 1.24 bits per heavy atom. The van der Waals surface area contributed by atoms with Crippen LogP contribution in [0.2, 0.25) is 0 Å². The van der Waals surface area contributed by atoms with Gasteiger partial charge in [0.1, 0.15) is 18.5 Å². The van der Waals surface area contributed by atoms with Crippen molar-refractivity contribution in [1.29, 1.82) is 0 Å². The molecule has 0 atom stereocenters. The zero-order valence-electron chi connectivity index (χ0n) is 12.3. The van der Waals surface area contributed by atoms with Gasteiger partial charge in [-0.3, -0.25) is 5.32 Å². The lowest BCUT2D eigenvalue weighted by Gasteiger charge is -2.19. The van der Waals surface area contributed by atoms with E-state index in [9.17, 15) is 9.59 Å². The summed E-state index contributed by atoms with van der Waals surface area (Å²) >= 11 is 0. The molecule has 21 heavy (non-hydrogen) atoms. The molecule has 1 amide bonds. The highest BCUT2D eigenvalue weighted by Gasteiger charge is 2.19. The van der Waals surface area contributed by atoms with Gasteiger partial charge in [0.25, 0.3) is 0 Å². The van der Waals surface area contributed by atoms with Gasteiger partial charge in [0.05, 0.1) is 0 Å². The van der Waals surface area contributed by atoms with Gasteiger partial charge in [-0.15, -0.1) is 0 Å². The Bertz CT molecular complexity index is 517. The molecular formula is C15H19NO5. The molecule has 0 saturated carbocycles. The summed E-state index contributed by atoms with van der Waals surface area (Å²) in [4.78, 5) is 22.5.